The summed E-state index contributed by atoms with van der Waals surface area (Å²) in [6, 6.07) is 7.69. The number of nitrogens with zero attached hydrogens (tertiary/aromatic N) is 3. The largest absolute Gasteiger partial charge is 0.339 e. The van der Waals surface area contributed by atoms with Crippen LogP contribution in [0.5, 0.6) is 0 Å². The van der Waals surface area contributed by atoms with Crippen molar-refractivity contribution in [1.29, 1.82) is 0 Å². The highest BCUT2D eigenvalue weighted by Gasteiger charge is 2.24. The highest BCUT2D eigenvalue weighted by Crippen LogP contribution is 2.19. The molecule has 0 aliphatic carbocycles. The summed E-state index contributed by atoms with van der Waals surface area (Å²) in [5.41, 5.74) is 1.64. The Bertz CT molecular complexity index is 696. The van der Waals surface area contributed by atoms with Crippen LogP contribution in [0, 0.1) is 5.92 Å². The molecule has 1 amide bonds. The molecule has 2 heterocycles. The summed E-state index contributed by atoms with van der Waals surface area (Å²) in [7, 11) is 1.98. The predicted octanol–water partition coefficient (Wildman–Crippen LogP) is 3.08. The second-order valence-corrected chi connectivity index (χ2v) is 6.72. The summed E-state index contributed by atoms with van der Waals surface area (Å²) in [4.78, 5) is 14.6. The van der Waals surface area contributed by atoms with Crippen molar-refractivity contribution in [2.75, 3.05) is 26.7 Å². The number of amides is 1. The third-order valence-electron chi connectivity index (χ3n) is 4.56. The molecule has 1 aromatic carbocycles. The number of nitrogens with one attached hydrogen (secondary N) is 1. The van der Waals surface area contributed by atoms with Gasteiger partial charge in [0.25, 0.3) is 5.91 Å². The number of hydrogen-bond acceptors (Lipinski definition) is 3. The summed E-state index contributed by atoms with van der Waals surface area (Å²) >= 11 is 6.18. The van der Waals surface area contributed by atoms with Gasteiger partial charge in [-0.1, -0.05) is 29.8 Å². The fraction of sp³-hybridized carbons (Fsp3) is 0.444. The Morgan fingerprint density at radius 3 is 2.72 bits per heavy atom. The van der Waals surface area contributed by atoms with Gasteiger partial charge in [0.2, 0.25) is 0 Å². The van der Waals surface area contributed by atoms with Crippen LogP contribution in [0.3, 0.4) is 0 Å². The summed E-state index contributed by atoms with van der Waals surface area (Å²) < 4.78 is 1.77. The first-order chi connectivity index (χ1) is 11.7. The molecule has 25 heavy (non-hydrogen) atoms. The number of hydrogen-bond donors (Lipinski definition) is 1. The molecule has 1 N–H and O–H groups in total. The smallest absolute Gasteiger partial charge is 0.257 e. The van der Waals surface area contributed by atoms with E-state index in [1.54, 1.807) is 10.9 Å². The molecule has 0 atom stereocenters. The van der Waals surface area contributed by atoms with Gasteiger partial charge in [0.1, 0.15) is 0 Å². The molecule has 3 rings (SSSR count). The Morgan fingerprint density at radius 2 is 2.04 bits per heavy atom. The van der Waals surface area contributed by atoms with Gasteiger partial charge in [0.15, 0.2) is 0 Å². The highest BCUT2D eigenvalue weighted by atomic mass is 35.5. The maximum absolute atomic E-state index is 12.6. The zero-order valence-electron chi connectivity index (χ0n) is 14.3. The quantitative estimate of drug-likeness (QED) is 0.864. The Kier molecular flexibility index (Phi) is 7.29. The van der Waals surface area contributed by atoms with Gasteiger partial charge in [0, 0.05) is 24.3 Å². The van der Waals surface area contributed by atoms with Crippen LogP contribution in [0.4, 0.5) is 0 Å². The van der Waals surface area contributed by atoms with Crippen LogP contribution in [-0.2, 0) is 6.54 Å². The molecule has 5 nitrogen and oxygen atoms in total. The first kappa shape index (κ1) is 19.8. The summed E-state index contributed by atoms with van der Waals surface area (Å²) in [5, 5.41) is 8.25. The van der Waals surface area contributed by atoms with E-state index < -0.39 is 0 Å². The van der Waals surface area contributed by atoms with Crippen molar-refractivity contribution >= 4 is 29.9 Å². The van der Waals surface area contributed by atoms with Crippen molar-refractivity contribution in [3.63, 3.8) is 0 Å². The van der Waals surface area contributed by atoms with E-state index >= 15 is 0 Å². The number of halogens is 2. The fourth-order valence-electron chi connectivity index (χ4n) is 3.17. The molecular formula is C18H24Cl2N4O. The van der Waals surface area contributed by atoms with E-state index in [4.69, 9.17) is 11.6 Å². The van der Waals surface area contributed by atoms with Gasteiger partial charge in [-0.2, -0.15) is 5.10 Å². The van der Waals surface area contributed by atoms with E-state index in [-0.39, 0.29) is 18.3 Å². The number of aromatic nitrogens is 2. The van der Waals surface area contributed by atoms with E-state index in [0.29, 0.717) is 23.0 Å². The van der Waals surface area contributed by atoms with Crippen LogP contribution in [-0.4, -0.2) is 47.3 Å². The summed E-state index contributed by atoms with van der Waals surface area (Å²) in [5.74, 6) is 0.741. The topological polar surface area (TPSA) is 50.2 Å². The number of rotatable bonds is 5. The average molecular weight is 383 g/mol. The number of benzene rings is 1. The standard InChI is InChI=1S/C18H23ClN4O.ClH/c1-20-10-14-6-8-22(9-7-14)18(24)16-11-21-23(13-16)12-15-4-2-3-5-17(15)19;/h2-5,11,13-14,20H,6-10,12H2,1H3;1H. The highest BCUT2D eigenvalue weighted by molar-refractivity contribution is 6.31. The van der Waals surface area contributed by atoms with E-state index in [2.05, 4.69) is 10.4 Å². The lowest BCUT2D eigenvalue weighted by Gasteiger charge is -2.31. The number of carbonyl (C=O) groups excluding carboxylic acids is 1. The maximum Gasteiger partial charge on any atom is 0.257 e. The van der Waals surface area contributed by atoms with Crippen molar-refractivity contribution in [3.8, 4) is 0 Å². The zero-order chi connectivity index (χ0) is 16.9. The maximum atomic E-state index is 12.6. The molecular weight excluding hydrogens is 359 g/mol. The van der Waals surface area contributed by atoms with Crippen molar-refractivity contribution in [2.45, 2.75) is 19.4 Å². The van der Waals surface area contributed by atoms with Crippen LogP contribution in [0.2, 0.25) is 5.02 Å². The lowest BCUT2D eigenvalue weighted by atomic mass is 9.96. The Balaban J connectivity index is 0.00000225. The number of carbonyl (C=O) groups is 1. The molecule has 0 spiro atoms. The third-order valence-corrected chi connectivity index (χ3v) is 4.93. The summed E-state index contributed by atoms with van der Waals surface area (Å²) in [6.07, 6.45) is 5.57. The monoisotopic (exact) mass is 382 g/mol. The molecule has 0 bridgehead atoms. The lowest BCUT2D eigenvalue weighted by Crippen LogP contribution is -2.40. The van der Waals surface area contributed by atoms with Crippen molar-refractivity contribution in [1.82, 2.24) is 20.0 Å². The molecule has 136 valence electrons. The Hall–Kier alpha value is -1.56. The normalized spacial score (nSPS) is 15.0. The molecule has 7 heteroatoms. The number of likely N-dealkylation sites (tertiary alicyclic amines) is 1. The van der Waals surface area contributed by atoms with Crippen LogP contribution in [0.15, 0.2) is 36.7 Å². The minimum atomic E-state index is 0. The molecule has 1 fully saturated rings. The van der Waals surface area contributed by atoms with Crippen molar-refractivity contribution in [2.24, 2.45) is 5.92 Å². The van der Waals surface area contributed by atoms with E-state index in [1.807, 2.05) is 42.4 Å². The zero-order valence-corrected chi connectivity index (χ0v) is 15.9. The van der Waals surface area contributed by atoms with Crippen LogP contribution in [0.25, 0.3) is 0 Å². The first-order valence-corrected chi connectivity index (χ1v) is 8.75. The van der Waals surface area contributed by atoms with Gasteiger partial charge in [-0.25, -0.2) is 0 Å². The molecule has 0 radical (unpaired) electrons. The fourth-order valence-corrected chi connectivity index (χ4v) is 3.37. The van der Waals surface area contributed by atoms with E-state index in [0.717, 1.165) is 38.0 Å². The average Bonchev–Trinajstić information content (AvgIpc) is 3.06. The Morgan fingerprint density at radius 1 is 1.32 bits per heavy atom. The molecule has 1 aliphatic heterocycles. The second kappa shape index (κ2) is 9.22. The van der Waals surface area contributed by atoms with Gasteiger partial charge < -0.3 is 10.2 Å². The second-order valence-electron chi connectivity index (χ2n) is 6.31. The first-order valence-electron chi connectivity index (χ1n) is 8.37. The van der Waals surface area contributed by atoms with Crippen LogP contribution < -0.4 is 5.32 Å². The molecule has 2 aromatic rings. The third kappa shape index (κ3) is 4.97. The SMILES string of the molecule is CNCC1CCN(C(=O)c2cnn(Cc3ccccc3Cl)c2)CC1.Cl. The number of piperidine rings is 1. The van der Waals surface area contributed by atoms with Crippen molar-refractivity contribution < 1.29 is 4.79 Å². The van der Waals surface area contributed by atoms with Gasteiger partial charge >= 0.3 is 0 Å². The van der Waals surface area contributed by atoms with E-state index in [1.165, 1.54) is 0 Å². The lowest BCUT2D eigenvalue weighted by molar-refractivity contribution is 0.0691. The van der Waals surface area contributed by atoms with Gasteiger partial charge in [-0.15, -0.1) is 12.4 Å². The van der Waals surface area contributed by atoms with Crippen molar-refractivity contribution in [3.05, 3.63) is 52.8 Å². The predicted molar refractivity (Wildman–Crippen MR) is 103 cm³/mol. The van der Waals surface area contributed by atoms with Gasteiger partial charge in [-0.3, -0.25) is 9.48 Å². The minimum absolute atomic E-state index is 0. The summed E-state index contributed by atoms with van der Waals surface area (Å²) in [6.45, 7) is 3.23. The molecule has 1 saturated heterocycles. The van der Waals surface area contributed by atoms with Crippen LogP contribution >= 0.6 is 24.0 Å². The molecule has 1 aromatic heterocycles. The van der Waals surface area contributed by atoms with E-state index in [9.17, 15) is 4.79 Å². The van der Waals surface area contributed by atoms with Gasteiger partial charge in [0.05, 0.1) is 18.3 Å². The minimum Gasteiger partial charge on any atom is -0.339 e. The molecule has 0 saturated carbocycles. The molecule has 0 unspecified atom stereocenters. The molecule has 1 aliphatic rings. The van der Waals surface area contributed by atoms with Crippen LogP contribution in [0.1, 0.15) is 28.8 Å². The Labute approximate surface area is 159 Å². The van der Waals surface area contributed by atoms with Gasteiger partial charge in [-0.05, 0) is 44.0 Å².